The Balaban J connectivity index is 1.62. The van der Waals surface area contributed by atoms with Gasteiger partial charge < -0.3 is 5.32 Å². The zero-order chi connectivity index (χ0) is 18.3. The second-order valence-corrected chi connectivity index (χ2v) is 5.96. The first-order valence-corrected chi connectivity index (χ1v) is 7.98. The quantitative estimate of drug-likeness (QED) is 0.739. The lowest BCUT2D eigenvalue weighted by Gasteiger charge is -2.26. The van der Waals surface area contributed by atoms with Gasteiger partial charge in [-0.25, -0.2) is 4.39 Å². The van der Waals surface area contributed by atoms with Gasteiger partial charge >= 0.3 is 0 Å². The number of imide groups is 1. The van der Waals surface area contributed by atoms with E-state index in [1.165, 1.54) is 24.3 Å². The molecule has 1 aliphatic heterocycles. The molecule has 3 aromatic carbocycles. The number of amides is 3. The summed E-state index contributed by atoms with van der Waals surface area (Å²) in [6.07, 6.45) is 0. The molecule has 0 bridgehead atoms. The first kappa shape index (κ1) is 16.0. The van der Waals surface area contributed by atoms with Crippen molar-refractivity contribution in [3.05, 3.63) is 77.6 Å². The highest BCUT2D eigenvalue weighted by molar-refractivity contribution is 6.26. The lowest BCUT2D eigenvalue weighted by atomic mass is 9.94. The summed E-state index contributed by atoms with van der Waals surface area (Å²) in [5.74, 6) is -1.97. The van der Waals surface area contributed by atoms with Gasteiger partial charge in [-0.15, -0.1) is 0 Å². The molecule has 0 spiro atoms. The number of rotatable bonds is 3. The molecular formula is C20H13FN2O3. The molecule has 5 nitrogen and oxygen atoms in total. The van der Waals surface area contributed by atoms with Gasteiger partial charge in [0.15, 0.2) is 0 Å². The monoisotopic (exact) mass is 348 g/mol. The Morgan fingerprint density at radius 3 is 2.04 bits per heavy atom. The van der Waals surface area contributed by atoms with Crippen LogP contribution in [-0.4, -0.2) is 29.2 Å². The second-order valence-electron chi connectivity index (χ2n) is 5.96. The van der Waals surface area contributed by atoms with Gasteiger partial charge in [0.2, 0.25) is 5.91 Å². The van der Waals surface area contributed by atoms with E-state index in [9.17, 15) is 18.8 Å². The molecule has 1 heterocycles. The summed E-state index contributed by atoms with van der Waals surface area (Å²) in [5.41, 5.74) is 1.18. The van der Waals surface area contributed by atoms with E-state index < -0.39 is 30.1 Å². The van der Waals surface area contributed by atoms with E-state index in [-0.39, 0.29) is 0 Å². The van der Waals surface area contributed by atoms with E-state index in [0.29, 0.717) is 22.2 Å². The highest BCUT2D eigenvalue weighted by Crippen LogP contribution is 2.29. The standard InChI is InChI=1S/C20H13FN2O3/c21-13-7-9-14(10-8-13)22-17(24)11-23-19(25)15-5-1-3-12-4-2-6-16(18(12)15)20(23)26/h1-10H,11H2,(H,22,24). The third-order valence-electron chi connectivity index (χ3n) is 4.29. The summed E-state index contributed by atoms with van der Waals surface area (Å²) in [5, 5.41) is 3.97. The van der Waals surface area contributed by atoms with Gasteiger partial charge in [0.25, 0.3) is 11.8 Å². The zero-order valence-corrected chi connectivity index (χ0v) is 13.5. The van der Waals surface area contributed by atoms with Crippen molar-refractivity contribution in [2.75, 3.05) is 11.9 Å². The number of nitrogens with zero attached hydrogens (tertiary/aromatic N) is 1. The van der Waals surface area contributed by atoms with Crippen molar-refractivity contribution >= 4 is 34.2 Å². The molecule has 1 N–H and O–H groups in total. The van der Waals surface area contributed by atoms with Crippen LogP contribution in [0.25, 0.3) is 10.8 Å². The summed E-state index contributed by atoms with van der Waals surface area (Å²) in [7, 11) is 0. The Hall–Kier alpha value is -3.54. The molecule has 0 atom stereocenters. The Bertz CT molecular complexity index is 1010. The normalized spacial score (nSPS) is 13.2. The molecule has 3 amide bonds. The second kappa shape index (κ2) is 6.07. The lowest BCUT2D eigenvalue weighted by Crippen LogP contribution is -2.44. The Labute approximate surface area is 148 Å². The molecule has 6 heteroatoms. The predicted octanol–water partition coefficient (Wildman–Crippen LogP) is 3.21. The maximum atomic E-state index is 12.9. The van der Waals surface area contributed by atoms with E-state index in [1.54, 1.807) is 24.3 Å². The predicted molar refractivity (Wildman–Crippen MR) is 94.3 cm³/mol. The molecular weight excluding hydrogens is 335 g/mol. The van der Waals surface area contributed by atoms with Gasteiger partial charge in [-0.3, -0.25) is 19.3 Å². The lowest BCUT2D eigenvalue weighted by molar-refractivity contribution is -0.116. The van der Waals surface area contributed by atoms with Gasteiger partial charge in [-0.2, -0.15) is 0 Å². The average molecular weight is 348 g/mol. The minimum Gasteiger partial charge on any atom is -0.325 e. The van der Waals surface area contributed by atoms with Crippen LogP contribution in [0.4, 0.5) is 10.1 Å². The van der Waals surface area contributed by atoms with Gasteiger partial charge in [-0.05, 0) is 41.8 Å². The van der Waals surface area contributed by atoms with E-state index >= 15 is 0 Å². The van der Waals surface area contributed by atoms with E-state index in [1.807, 2.05) is 12.1 Å². The van der Waals surface area contributed by atoms with Crippen molar-refractivity contribution < 1.29 is 18.8 Å². The van der Waals surface area contributed by atoms with Crippen molar-refractivity contribution in [1.82, 2.24) is 4.90 Å². The molecule has 4 rings (SSSR count). The molecule has 0 aromatic heterocycles. The number of anilines is 1. The van der Waals surface area contributed by atoms with Crippen LogP contribution in [0.2, 0.25) is 0 Å². The third-order valence-corrected chi connectivity index (χ3v) is 4.29. The number of halogens is 1. The molecule has 1 aliphatic rings. The molecule has 0 unspecified atom stereocenters. The van der Waals surface area contributed by atoms with Crippen LogP contribution in [0.1, 0.15) is 20.7 Å². The summed E-state index contributed by atoms with van der Waals surface area (Å²) < 4.78 is 12.9. The van der Waals surface area contributed by atoms with Gasteiger partial charge in [0, 0.05) is 22.2 Å². The molecule has 0 saturated carbocycles. The highest BCUT2D eigenvalue weighted by Gasteiger charge is 2.33. The van der Waals surface area contributed by atoms with Crippen molar-refractivity contribution in [2.45, 2.75) is 0 Å². The zero-order valence-electron chi connectivity index (χ0n) is 13.5. The Kier molecular flexibility index (Phi) is 3.73. The fourth-order valence-electron chi connectivity index (χ4n) is 3.10. The smallest absolute Gasteiger partial charge is 0.261 e. The number of benzene rings is 3. The molecule has 0 radical (unpaired) electrons. The maximum absolute atomic E-state index is 12.9. The van der Waals surface area contributed by atoms with Crippen LogP contribution >= 0.6 is 0 Å². The van der Waals surface area contributed by atoms with Gasteiger partial charge in [0.1, 0.15) is 12.4 Å². The Morgan fingerprint density at radius 1 is 0.885 bits per heavy atom. The maximum Gasteiger partial charge on any atom is 0.261 e. The van der Waals surface area contributed by atoms with Crippen LogP contribution in [0.15, 0.2) is 60.7 Å². The molecule has 3 aromatic rings. The average Bonchev–Trinajstić information content (AvgIpc) is 2.65. The summed E-state index contributed by atoms with van der Waals surface area (Å²) in [4.78, 5) is 38.6. The van der Waals surface area contributed by atoms with Crippen LogP contribution in [0.5, 0.6) is 0 Å². The molecule has 0 fully saturated rings. The van der Waals surface area contributed by atoms with Gasteiger partial charge in [0.05, 0.1) is 0 Å². The number of nitrogens with one attached hydrogen (secondary N) is 1. The topological polar surface area (TPSA) is 66.5 Å². The van der Waals surface area contributed by atoms with Crippen LogP contribution in [0, 0.1) is 5.82 Å². The van der Waals surface area contributed by atoms with Crippen molar-refractivity contribution in [1.29, 1.82) is 0 Å². The van der Waals surface area contributed by atoms with E-state index in [4.69, 9.17) is 0 Å². The summed E-state index contributed by atoms with van der Waals surface area (Å²) in [6.45, 7) is -0.417. The summed E-state index contributed by atoms with van der Waals surface area (Å²) >= 11 is 0. The third kappa shape index (κ3) is 2.61. The number of carbonyl (C=O) groups excluding carboxylic acids is 3. The SMILES string of the molecule is O=C(CN1C(=O)c2cccc3cccc(c23)C1=O)Nc1ccc(F)cc1. The van der Waals surface area contributed by atoms with E-state index in [2.05, 4.69) is 5.32 Å². The number of hydrogen-bond acceptors (Lipinski definition) is 3. The Morgan fingerprint density at radius 2 is 1.46 bits per heavy atom. The van der Waals surface area contributed by atoms with Crippen LogP contribution in [-0.2, 0) is 4.79 Å². The van der Waals surface area contributed by atoms with Crippen LogP contribution in [0.3, 0.4) is 0 Å². The minimum absolute atomic E-state index is 0.385. The highest BCUT2D eigenvalue weighted by atomic mass is 19.1. The first-order chi connectivity index (χ1) is 12.5. The van der Waals surface area contributed by atoms with E-state index in [0.717, 1.165) is 10.3 Å². The van der Waals surface area contributed by atoms with Crippen molar-refractivity contribution in [3.63, 3.8) is 0 Å². The molecule has 26 heavy (non-hydrogen) atoms. The van der Waals surface area contributed by atoms with Crippen molar-refractivity contribution in [3.8, 4) is 0 Å². The minimum atomic E-state index is -0.537. The fraction of sp³-hybridized carbons (Fsp3) is 0.0500. The molecule has 128 valence electrons. The number of hydrogen-bond donors (Lipinski definition) is 1. The fourth-order valence-corrected chi connectivity index (χ4v) is 3.10. The van der Waals surface area contributed by atoms with Crippen LogP contribution < -0.4 is 5.32 Å². The largest absolute Gasteiger partial charge is 0.325 e. The first-order valence-electron chi connectivity index (χ1n) is 7.98. The van der Waals surface area contributed by atoms with Gasteiger partial charge in [-0.1, -0.05) is 24.3 Å². The molecule has 0 saturated heterocycles. The summed E-state index contributed by atoms with van der Waals surface area (Å²) in [6, 6.07) is 15.7. The van der Waals surface area contributed by atoms with Crippen molar-refractivity contribution in [2.24, 2.45) is 0 Å². The number of carbonyl (C=O) groups is 3. The molecule has 0 aliphatic carbocycles.